The van der Waals surface area contributed by atoms with E-state index in [-0.39, 0.29) is 41.7 Å². The number of carbonyl (C=O) groups is 2. The number of nitrogens with two attached hydrogens (primary N) is 1. The molecule has 0 aliphatic carbocycles. The van der Waals surface area contributed by atoms with E-state index in [4.69, 9.17) is 15.4 Å². The van der Waals surface area contributed by atoms with E-state index in [9.17, 15) is 18.0 Å². The number of nitrogens with zero attached hydrogens (tertiary/aromatic N) is 2. The molecule has 3 amide bonds. The minimum atomic E-state index is -4.92. The second kappa shape index (κ2) is 5.97. The summed E-state index contributed by atoms with van der Waals surface area (Å²) in [5.74, 6) is -0.873. The third-order valence-electron chi connectivity index (χ3n) is 2.86. The van der Waals surface area contributed by atoms with E-state index >= 15 is 0 Å². The van der Waals surface area contributed by atoms with Gasteiger partial charge in [-0.05, 0) is 6.08 Å². The standard InChI is InChI=1S/C8H11N3O7S.Na.H/c9-7(13)5-1-4(3-12)10-2-6(5)11(8(10)14)18-19(15,16)17;;/h1,4,6,12H,2-3H2,(H2,9,13)(H,15,16,17);;. The van der Waals surface area contributed by atoms with Gasteiger partial charge in [0.15, 0.2) is 0 Å². The van der Waals surface area contributed by atoms with Gasteiger partial charge in [0.2, 0.25) is 5.91 Å². The molecule has 2 rings (SSSR count). The summed E-state index contributed by atoms with van der Waals surface area (Å²) < 4.78 is 34.1. The van der Waals surface area contributed by atoms with Crippen molar-refractivity contribution >= 4 is 51.9 Å². The first-order chi connectivity index (χ1) is 8.74. The predicted octanol–water partition coefficient (Wildman–Crippen LogP) is -3.04. The Morgan fingerprint density at radius 2 is 2.15 bits per heavy atom. The number of hydrogen-bond donors (Lipinski definition) is 3. The molecular weight excluding hydrogens is 305 g/mol. The van der Waals surface area contributed by atoms with Crippen LogP contribution in [0.25, 0.3) is 0 Å². The third-order valence-corrected chi connectivity index (χ3v) is 3.21. The normalized spacial score (nSPS) is 25.3. The quantitative estimate of drug-likeness (QED) is 0.368. The minimum absolute atomic E-state index is 0. The molecule has 2 atom stereocenters. The Morgan fingerprint density at radius 1 is 1.55 bits per heavy atom. The van der Waals surface area contributed by atoms with Gasteiger partial charge in [-0.15, -0.1) is 4.28 Å². The van der Waals surface area contributed by atoms with Gasteiger partial charge < -0.3 is 15.7 Å². The van der Waals surface area contributed by atoms with E-state index in [0.717, 1.165) is 4.90 Å². The molecule has 0 spiro atoms. The molecule has 0 aromatic carbocycles. The monoisotopic (exact) mass is 317 g/mol. The van der Waals surface area contributed by atoms with Gasteiger partial charge in [0.1, 0.15) is 6.04 Å². The molecular formula is C8H12N3NaO7S. The van der Waals surface area contributed by atoms with Crippen molar-refractivity contribution in [1.29, 1.82) is 0 Å². The number of rotatable bonds is 4. The van der Waals surface area contributed by atoms with Gasteiger partial charge in [-0.25, -0.2) is 4.79 Å². The average Bonchev–Trinajstić information content (AvgIpc) is 2.54. The molecule has 0 radical (unpaired) electrons. The summed E-state index contributed by atoms with van der Waals surface area (Å²) in [5.41, 5.74) is 5.06. The van der Waals surface area contributed by atoms with E-state index in [2.05, 4.69) is 4.28 Å². The fourth-order valence-electron chi connectivity index (χ4n) is 2.09. The van der Waals surface area contributed by atoms with Crippen molar-refractivity contribution in [1.82, 2.24) is 9.96 Å². The van der Waals surface area contributed by atoms with E-state index in [1.165, 1.54) is 6.08 Å². The molecule has 4 N–H and O–H groups in total. The molecule has 2 heterocycles. The average molecular weight is 317 g/mol. The van der Waals surface area contributed by atoms with Crippen molar-refractivity contribution < 1.29 is 31.9 Å². The Morgan fingerprint density at radius 3 is 2.60 bits per heavy atom. The molecule has 2 aliphatic heterocycles. The molecule has 0 saturated carbocycles. The zero-order chi connectivity index (χ0) is 14.4. The van der Waals surface area contributed by atoms with Crippen molar-refractivity contribution in [2.75, 3.05) is 13.2 Å². The number of hydroxylamine groups is 2. The summed E-state index contributed by atoms with van der Waals surface area (Å²) in [6.07, 6.45) is 1.27. The zero-order valence-electron chi connectivity index (χ0n) is 9.46. The first-order valence-electron chi connectivity index (χ1n) is 5.14. The number of aliphatic hydroxyl groups is 1. The number of hydrogen-bond acceptors (Lipinski definition) is 6. The second-order valence-corrected chi connectivity index (χ2v) is 5.02. The molecule has 12 heteroatoms. The number of carbonyl (C=O) groups excluding carboxylic acids is 2. The van der Waals surface area contributed by atoms with Crippen LogP contribution >= 0.6 is 0 Å². The number of amides is 3. The van der Waals surface area contributed by atoms with Crippen molar-refractivity contribution in [3.8, 4) is 0 Å². The van der Waals surface area contributed by atoms with Crippen LogP contribution in [0.5, 0.6) is 0 Å². The first-order valence-corrected chi connectivity index (χ1v) is 6.50. The molecule has 2 bridgehead atoms. The van der Waals surface area contributed by atoms with Gasteiger partial charge in [0.05, 0.1) is 19.2 Å². The molecule has 20 heavy (non-hydrogen) atoms. The summed E-state index contributed by atoms with van der Waals surface area (Å²) in [5, 5.41) is 9.48. The maximum atomic E-state index is 11.9. The van der Waals surface area contributed by atoms with Gasteiger partial charge in [0, 0.05) is 5.57 Å². The van der Waals surface area contributed by atoms with Crippen LogP contribution in [0.4, 0.5) is 4.79 Å². The SMILES string of the molecule is NC(=O)C1=CC(CO)N2CC1N(OS(=O)(=O)O)C2=O.[NaH]. The van der Waals surface area contributed by atoms with Crippen LogP contribution in [-0.4, -0.2) is 94.8 Å². The fraction of sp³-hybridized carbons (Fsp3) is 0.500. The van der Waals surface area contributed by atoms with Crippen molar-refractivity contribution in [2.45, 2.75) is 12.1 Å². The number of urea groups is 1. The molecule has 0 aromatic heterocycles. The number of fused-ring (bicyclic) bond motifs is 2. The van der Waals surface area contributed by atoms with Crippen LogP contribution in [0.1, 0.15) is 0 Å². The molecule has 1 saturated heterocycles. The summed E-state index contributed by atoms with van der Waals surface area (Å²) in [7, 11) is -4.92. The molecule has 1 fully saturated rings. The number of primary amides is 1. The third kappa shape index (κ3) is 3.14. The van der Waals surface area contributed by atoms with Crippen LogP contribution in [-0.2, 0) is 19.5 Å². The van der Waals surface area contributed by atoms with Crippen molar-refractivity contribution in [3.63, 3.8) is 0 Å². The maximum absolute atomic E-state index is 11.9. The summed E-state index contributed by atoms with van der Waals surface area (Å²) >= 11 is 0. The Kier molecular flexibility index (Phi) is 5.18. The Hall–Kier alpha value is -0.690. The van der Waals surface area contributed by atoms with E-state index < -0.39 is 41.0 Å². The fourth-order valence-corrected chi connectivity index (χ4v) is 2.46. The van der Waals surface area contributed by atoms with E-state index in [1.54, 1.807) is 0 Å². The van der Waals surface area contributed by atoms with Gasteiger partial charge in [0.25, 0.3) is 0 Å². The summed E-state index contributed by atoms with van der Waals surface area (Å²) in [6.45, 7) is -0.538. The van der Waals surface area contributed by atoms with E-state index in [1.807, 2.05) is 0 Å². The molecule has 2 aliphatic rings. The van der Waals surface area contributed by atoms with Crippen LogP contribution in [0.2, 0.25) is 0 Å². The van der Waals surface area contributed by atoms with Crippen LogP contribution in [0, 0.1) is 0 Å². The van der Waals surface area contributed by atoms with Gasteiger partial charge >= 0.3 is 46.0 Å². The Labute approximate surface area is 136 Å². The summed E-state index contributed by atoms with van der Waals surface area (Å²) in [4.78, 5) is 24.2. The predicted molar refractivity (Wildman–Crippen MR) is 65.7 cm³/mol. The topological polar surface area (TPSA) is 150 Å². The van der Waals surface area contributed by atoms with Crippen LogP contribution in [0.15, 0.2) is 11.6 Å². The Balaban J connectivity index is 0.00000200. The molecule has 0 aromatic rings. The first kappa shape index (κ1) is 17.4. The summed E-state index contributed by atoms with van der Waals surface area (Å²) in [6, 6.07) is -2.75. The Bertz CT molecular complexity index is 562. The second-order valence-electron chi connectivity index (χ2n) is 4.01. The molecule has 108 valence electrons. The number of aliphatic hydroxyl groups excluding tert-OH is 1. The zero-order valence-corrected chi connectivity index (χ0v) is 10.3. The van der Waals surface area contributed by atoms with Crippen LogP contribution in [0.3, 0.4) is 0 Å². The van der Waals surface area contributed by atoms with Gasteiger partial charge in [-0.3, -0.25) is 9.35 Å². The molecule has 10 nitrogen and oxygen atoms in total. The van der Waals surface area contributed by atoms with Gasteiger partial charge in [-0.2, -0.15) is 13.5 Å². The van der Waals surface area contributed by atoms with E-state index in [0.29, 0.717) is 5.06 Å². The van der Waals surface area contributed by atoms with Gasteiger partial charge in [-0.1, -0.05) is 0 Å². The van der Waals surface area contributed by atoms with Crippen molar-refractivity contribution in [3.05, 3.63) is 11.6 Å². The van der Waals surface area contributed by atoms with Crippen LogP contribution < -0.4 is 5.73 Å². The molecule has 2 unspecified atom stereocenters. The van der Waals surface area contributed by atoms with Crippen molar-refractivity contribution in [2.24, 2.45) is 5.73 Å².